The summed E-state index contributed by atoms with van der Waals surface area (Å²) >= 11 is 0. The summed E-state index contributed by atoms with van der Waals surface area (Å²) in [6.45, 7) is 17.3. The molecule has 0 saturated heterocycles. The largest absolute Gasteiger partial charge is 0.480 e. The number of carbonyl (C=O) groups is 4. The number of nitrogens with zero attached hydrogens (tertiary/aromatic N) is 4. The van der Waals surface area contributed by atoms with Gasteiger partial charge in [0.2, 0.25) is 0 Å². The molecule has 0 saturated carbocycles. The quantitative estimate of drug-likeness (QED) is 0.0349. The molecule has 6 aromatic carbocycles. The van der Waals surface area contributed by atoms with Crippen molar-refractivity contribution in [1.82, 2.24) is 16.3 Å². The highest BCUT2D eigenvalue weighted by atomic mass is 16.4. The summed E-state index contributed by atoms with van der Waals surface area (Å²) in [5.41, 5.74) is 10.4. The molecular formula is C46H40N10O7. The van der Waals surface area contributed by atoms with E-state index >= 15 is 0 Å². The number of hydrogen-bond acceptors (Lipinski definition) is 11. The third kappa shape index (κ3) is 12.3. The van der Waals surface area contributed by atoms with Crippen LogP contribution in [0.1, 0.15) is 45.7 Å². The predicted molar refractivity (Wildman–Crippen MR) is 236 cm³/mol. The van der Waals surface area contributed by atoms with Crippen LogP contribution in [0.2, 0.25) is 0 Å². The zero-order chi connectivity index (χ0) is 46.1. The number of rotatable bonds is 10. The van der Waals surface area contributed by atoms with Crippen LogP contribution >= 0.6 is 0 Å². The third-order valence-electron chi connectivity index (χ3n) is 9.16. The smallest absolute Gasteiger partial charge is 0.328 e. The number of nitrogens with one attached hydrogen (secondary N) is 5. The Morgan fingerprint density at radius 1 is 0.587 bits per heavy atom. The van der Waals surface area contributed by atoms with Gasteiger partial charge < -0.3 is 26.0 Å². The van der Waals surface area contributed by atoms with Crippen molar-refractivity contribution in [2.24, 2.45) is 5.84 Å². The number of nitriles is 2. The Morgan fingerprint density at radius 3 is 1.35 bits per heavy atom. The molecule has 63 heavy (non-hydrogen) atoms. The summed E-state index contributed by atoms with van der Waals surface area (Å²) in [5.74, 6) is 2.22. The number of fused-ring (bicyclic) bond motifs is 2. The lowest BCUT2D eigenvalue weighted by molar-refractivity contribution is -0.140. The fourth-order valence-corrected chi connectivity index (χ4v) is 5.89. The molecule has 6 aromatic rings. The number of hydrogen-bond donors (Lipinski definition) is 9. The van der Waals surface area contributed by atoms with E-state index in [4.69, 9.17) is 34.6 Å². The molecule has 3 amide bonds. The SMILES string of the molecule is N#Cc1ccc(C(=O)NN)cc1.[C-]#[N+]c1ccc(N[C@@H](C(=O)NNC(=O)c2ccc(C#N)cc2)[C@@H](C)O)c2ccccc12.[C-]#[N+]c1ccc(N[C@@H](C(=O)O)[C@@H](C)O)c2ccccc12. The highest BCUT2D eigenvalue weighted by molar-refractivity contribution is 6.04. The normalized spacial score (nSPS) is 11.9. The van der Waals surface area contributed by atoms with Gasteiger partial charge in [0.15, 0.2) is 17.4 Å². The van der Waals surface area contributed by atoms with E-state index in [1.54, 1.807) is 48.5 Å². The molecule has 0 aliphatic rings. The Hall–Kier alpha value is -8.84. The van der Waals surface area contributed by atoms with Gasteiger partial charge >= 0.3 is 5.97 Å². The lowest BCUT2D eigenvalue weighted by Gasteiger charge is -2.23. The van der Waals surface area contributed by atoms with Crippen LogP contribution in [0.3, 0.4) is 0 Å². The molecule has 0 radical (unpaired) electrons. The summed E-state index contributed by atoms with van der Waals surface area (Å²) in [6, 6.07) is 35.0. The standard InChI is InChI=1S/C23H19N5O3.C15H14N2O3.C8H7N3O/c1-14(29)21(23(31)28-27-22(30)16-9-7-15(13-24)8-10-16)26-20-12-11-19(25-2)17-5-3-4-6-18(17)20;1-9(18)14(15(19)20)17-13-8-7-12(16-2)10-5-3-4-6-11(10)13;9-5-6-1-3-7(4-2-6)8(12)11-10/h3-12,14,21,26,29H,1H3,(H,27,30)(H,28,31);3-9,14,17-18H,1H3,(H,19,20);1-4H,10H2,(H,11,12)/t14-,21-;9-,14-;/m11./s1. The van der Waals surface area contributed by atoms with Crippen LogP contribution in [0.5, 0.6) is 0 Å². The average Bonchev–Trinajstić information content (AvgIpc) is 3.31. The number of anilines is 2. The van der Waals surface area contributed by atoms with E-state index in [2.05, 4.69) is 31.2 Å². The fourth-order valence-electron chi connectivity index (χ4n) is 5.89. The Labute approximate surface area is 361 Å². The van der Waals surface area contributed by atoms with Gasteiger partial charge in [0.25, 0.3) is 17.7 Å². The van der Waals surface area contributed by atoms with Crippen LogP contribution in [0, 0.1) is 35.8 Å². The van der Waals surface area contributed by atoms with Gasteiger partial charge in [-0.25, -0.2) is 20.3 Å². The second kappa shape index (κ2) is 22.5. The van der Waals surface area contributed by atoms with Crippen molar-refractivity contribution in [1.29, 1.82) is 10.5 Å². The van der Waals surface area contributed by atoms with Gasteiger partial charge in [-0.05, 0) is 96.1 Å². The molecular weight excluding hydrogens is 805 g/mol. The number of hydrazine groups is 2. The maximum Gasteiger partial charge on any atom is 0.328 e. The monoisotopic (exact) mass is 844 g/mol. The Morgan fingerprint density at radius 2 is 0.984 bits per heavy atom. The molecule has 0 spiro atoms. The molecule has 17 heteroatoms. The van der Waals surface area contributed by atoms with E-state index in [0.717, 1.165) is 21.5 Å². The number of benzene rings is 6. The van der Waals surface area contributed by atoms with Gasteiger partial charge in [0.1, 0.15) is 6.04 Å². The van der Waals surface area contributed by atoms with Crippen LogP contribution in [-0.4, -0.2) is 63.3 Å². The Bertz CT molecular complexity index is 2780. The maximum atomic E-state index is 12.6. The molecule has 0 aromatic heterocycles. The summed E-state index contributed by atoms with van der Waals surface area (Å²) in [6.07, 6.45) is -2.11. The van der Waals surface area contributed by atoms with Crippen molar-refractivity contribution in [2.45, 2.75) is 38.1 Å². The van der Waals surface area contributed by atoms with Crippen LogP contribution in [0.4, 0.5) is 22.7 Å². The second-order valence-electron chi connectivity index (χ2n) is 13.4. The molecule has 10 N–H and O–H groups in total. The van der Waals surface area contributed by atoms with E-state index in [1.807, 2.05) is 66.1 Å². The Balaban J connectivity index is 0.000000232. The molecule has 0 heterocycles. The number of carboxylic acids is 1. The number of nitrogens with two attached hydrogens (primary N) is 1. The zero-order valence-electron chi connectivity index (χ0n) is 33.7. The van der Waals surface area contributed by atoms with Gasteiger partial charge in [-0.1, -0.05) is 60.7 Å². The summed E-state index contributed by atoms with van der Waals surface area (Å²) in [7, 11) is 0. The lowest BCUT2D eigenvalue weighted by Crippen LogP contribution is -2.52. The molecule has 6 rings (SSSR count). The number of aliphatic hydroxyl groups excluding tert-OH is 2. The number of aliphatic carboxylic acids is 1. The van der Waals surface area contributed by atoms with Crippen molar-refractivity contribution in [3.8, 4) is 12.1 Å². The first kappa shape index (κ1) is 46.8. The van der Waals surface area contributed by atoms with Gasteiger partial charge in [0.05, 0.1) is 48.6 Å². The van der Waals surface area contributed by atoms with Crippen molar-refractivity contribution in [3.63, 3.8) is 0 Å². The minimum Gasteiger partial charge on any atom is -0.480 e. The van der Waals surface area contributed by atoms with Crippen LogP contribution in [-0.2, 0) is 9.59 Å². The molecule has 0 fully saturated rings. The number of carbonyl (C=O) groups excluding carboxylic acids is 3. The topological polar surface area (TPSA) is 271 Å². The summed E-state index contributed by atoms with van der Waals surface area (Å²) in [5, 5.41) is 54.8. The summed E-state index contributed by atoms with van der Waals surface area (Å²) in [4.78, 5) is 53.8. The third-order valence-corrected chi connectivity index (χ3v) is 9.16. The van der Waals surface area contributed by atoms with Crippen LogP contribution in [0.15, 0.2) is 121 Å². The Kier molecular flexibility index (Phi) is 16.7. The molecule has 0 bridgehead atoms. The molecule has 0 aliphatic carbocycles. The van der Waals surface area contributed by atoms with Crippen LogP contribution in [0.25, 0.3) is 31.2 Å². The fraction of sp³-hybridized carbons (Fsp3) is 0.130. The van der Waals surface area contributed by atoms with Gasteiger partial charge in [-0.15, -0.1) is 0 Å². The predicted octanol–water partition coefficient (Wildman–Crippen LogP) is 5.68. The molecule has 0 unspecified atom stereocenters. The minimum absolute atomic E-state index is 0.265. The maximum absolute atomic E-state index is 12.6. The first-order chi connectivity index (χ1) is 30.3. The number of amides is 3. The molecule has 17 nitrogen and oxygen atoms in total. The van der Waals surface area contributed by atoms with Gasteiger partial charge in [-0.3, -0.25) is 30.7 Å². The number of carboxylic acid groups (broad SMARTS) is 1. The molecule has 316 valence electrons. The second-order valence-corrected chi connectivity index (χ2v) is 13.4. The molecule has 0 aliphatic heterocycles. The van der Waals surface area contributed by atoms with Crippen LogP contribution < -0.4 is 32.8 Å². The molecule has 4 atom stereocenters. The zero-order valence-corrected chi connectivity index (χ0v) is 33.7. The van der Waals surface area contributed by atoms with Gasteiger partial charge in [0, 0.05) is 22.5 Å². The average molecular weight is 845 g/mol. The minimum atomic E-state index is -1.13. The first-order valence-electron chi connectivity index (χ1n) is 18.8. The highest BCUT2D eigenvalue weighted by Gasteiger charge is 2.26. The van der Waals surface area contributed by atoms with E-state index in [0.29, 0.717) is 39.4 Å². The van der Waals surface area contributed by atoms with E-state index in [9.17, 15) is 29.4 Å². The van der Waals surface area contributed by atoms with E-state index < -0.39 is 42.1 Å². The highest BCUT2D eigenvalue weighted by Crippen LogP contribution is 2.33. The van der Waals surface area contributed by atoms with E-state index in [1.165, 1.54) is 38.1 Å². The van der Waals surface area contributed by atoms with Crippen molar-refractivity contribution in [3.05, 3.63) is 166 Å². The van der Waals surface area contributed by atoms with Gasteiger partial charge in [-0.2, -0.15) is 10.5 Å². The van der Waals surface area contributed by atoms with Crippen molar-refractivity contribution < 1.29 is 34.5 Å². The first-order valence-corrected chi connectivity index (χ1v) is 18.8. The summed E-state index contributed by atoms with van der Waals surface area (Å²) < 4.78 is 0. The van der Waals surface area contributed by atoms with E-state index in [-0.39, 0.29) is 11.5 Å². The number of nitrogen functional groups attached to an aromatic ring is 1. The number of aliphatic hydroxyl groups is 2. The lowest BCUT2D eigenvalue weighted by atomic mass is 10.1. The van der Waals surface area contributed by atoms with Crippen molar-refractivity contribution in [2.75, 3.05) is 10.6 Å². The van der Waals surface area contributed by atoms with Crippen molar-refractivity contribution >= 4 is 68.0 Å².